The Labute approximate surface area is 181 Å². The van der Waals surface area contributed by atoms with Gasteiger partial charge in [0.15, 0.2) is 0 Å². The minimum absolute atomic E-state index is 0.251. The van der Waals surface area contributed by atoms with Crippen LogP contribution in [0.3, 0.4) is 0 Å². The number of nitrogens with zero attached hydrogens (tertiary/aromatic N) is 1. The van der Waals surface area contributed by atoms with E-state index in [4.69, 9.17) is 4.74 Å². The van der Waals surface area contributed by atoms with Gasteiger partial charge in [0.05, 0.1) is 7.11 Å². The molecule has 0 spiro atoms. The number of hydrogen-bond acceptors (Lipinski definition) is 4. The molecule has 2 aromatic rings. The van der Waals surface area contributed by atoms with Crippen molar-refractivity contribution in [1.82, 2.24) is 15.5 Å². The van der Waals surface area contributed by atoms with E-state index in [0.717, 1.165) is 24.2 Å². The molecular weight excluding hydrogens is 394 g/mol. The summed E-state index contributed by atoms with van der Waals surface area (Å²) >= 11 is 0. The summed E-state index contributed by atoms with van der Waals surface area (Å²) < 4.78 is 5.15. The van der Waals surface area contributed by atoms with Crippen molar-refractivity contribution in [2.45, 2.75) is 37.6 Å². The van der Waals surface area contributed by atoms with Gasteiger partial charge in [-0.3, -0.25) is 14.5 Å². The Bertz CT molecular complexity index is 1000. The highest BCUT2D eigenvalue weighted by Crippen LogP contribution is 2.31. The zero-order valence-electron chi connectivity index (χ0n) is 17.8. The maximum atomic E-state index is 13.0. The Hall–Kier alpha value is -3.35. The van der Waals surface area contributed by atoms with Crippen LogP contribution in [0.5, 0.6) is 5.75 Å². The van der Waals surface area contributed by atoms with E-state index in [-0.39, 0.29) is 18.4 Å². The molecule has 1 fully saturated rings. The Morgan fingerprint density at radius 2 is 1.94 bits per heavy atom. The molecule has 1 heterocycles. The highest BCUT2D eigenvalue weighted by Gasteiger charge is 2.49. The van der Waals surface area contributed by atoms with Gasteiger partial charge in [0.2, 0.25) is 5.91 Å². The van der Waals surface area contributed by atoms with Gasteiger partial charge in [-0.1, -0.05) is 36.4 Å². The third kappa shape index (κ3) is 4.00. The number of imide groups is 1. The van der Waals surface area contributed by atoms with Crippen LogP contribution < -0.4 is 15.4 Å². The van der Waals surface area contributed by atoms with Gasteiger partial charge >= 0.3 is 6.03 Å². The molecule has 0 saturated carbocycles. The first-order valence-corrected chi connectivity index (χ1v) is 10.6. The van der Waals surface area contributed by atoms with Crippen LogP contribution in [0.2, 0.25) is 0 Å². The Kier molecular flexibility index (Phi) is 5.67. The lowest BCUT2D eigenvalue weighted by Crippen LogP contribution is -2.44. The largest absolute Gasteiger partial charge is 0.497 e. The molecule has 31 heavy (non-hydrogen) atoms. The van der Waals surface area contributed by atoms with E-state index in [2.05, 4.69) is 22.8 Å². The minimum Gasteiger partial charge on any atom is -0.497 e. The van der Waals surface area contributed by atoms with Crippen LogP contribution in [-0.2, 0) is 21.5 Å². The summed E-state index contributed by atoms with van der Waals surface area (Å²) in [5.41, 5.74) is 2.02. The van der Waals surface area contributed by atoms with Gasteiger partial charge in [-0.05, 0) is 55.0 Å². The van der Waals surface area contributed by atoms with Crippen LogP contribution in [0.1, 0.15) is 42.4 Å². The second-order valence-electron chi connectivity index (χ2n) is 8.27. The lowest BCUT2D eigenvalue weighted by atomic mass is 9.83. The van der Waals surface area contributed by atoms with Crippen molar-refractivity contribution in [3.8, 4) is 5.75 Å². The maximum Gasteiger partial charge on any atom is 0.325 e. The second kappa shape index (κ2) is 8.41. The van der Waals surface area contributed by atoms with Crippen molar-refractivity contribution >= 4 is 17.8 Å². The predicted octanol–water partition coefficient (Wildman–Crippen LogP) is 2.70. The molecule has 2 aromatic carbocycles. The lowest BCUT2D eigenvalue weighted by molar-refractivity contribution is -0.134. The average molecular weight is 421 g/mol. The monoisotopic (exact) mass is 421 g/mol. The minimum atomic E-state index is -1.22. The molecule has 2 N–H and O–H groups in total. The van der Waals surface area contributed by atoms with E-state index in [9.17, 15) is 14.4 Å². The average Bonchev–Trinajstić information content (AvgIpc) is 3.01. The smallest absolute Gasteiger partial charge is 0.325 e. The molecule has 1 aliphatic carbocycles. The van der Waals surface area contributed by atoms with E-state index in [1.54, 1.807) is 38.3 Å². The fourth-order valence-electron chi connectivity index (χ4n) is 4.46. The van der Waals surface area contributed by atoms with Crippen molar-refractivity contribution in [2.24, 2.45) is 0 Å². The number of carbonyl (C=O) groups is 3. The summed E-state index contributed by atoms with van der Waals surface area (Å²) in [7, 11) is 1.56. The molecule has 0 radical (unpaired) electrons. The van der Waals surface area contributed by atoms with E-state index >= 15 is 0 Å². The van der Waals surface area contributed by atoms with Gasteiger partial charge in [-0.15, -0.1) is 0 Å². The van der Waals surface area contributed by atoms with Crippen molar-refractivity contribution < 1.29 is 19.1 Å². The molecule has 2 unspecified atom stereocenters. The topological polar surface area (TPSA) is 87.7 Å². The van der Waals surface area contributed by atoms with Crippen LogP contribution in [0.4, 0.5) is 4.79 Å². The van der Waals surface area contributed by atoms with Crippen molar-refractivity contribution in [1.29, 1.82) is 0 Å². The molecule has 0 aromatic heterocycles. The summed E-state index contributed by atoms with van der Waals surface area (Å²) in [5.74, 6) is 0.123. The molecule has 4 amide bonds. The first kappa shape index (κ1) is 20.9. The standard InChI is InChI=1S/C24H27N3O4/c1-24(18-10-12-19(31-2)13-11-18)22(29)27(23(30)26-24)15-21(28)25-14-17-8-5-7-16-6-3-4-9-20(16)17/h3-4,6,9-13,17H,5,7-8,14-15H2,1-2H3,(H,25,28)(H,26,30). The van der Waals surface area contributed by atoms with Crippen molar-refractivity contribution in [3.05, 3.63) is 65.2 Å². The third-order valence-electron chi connectivity index (χ3n) is 6.28. The number of aryl methyl sites for hydroxylation is 1. The first-order valence-electron chi connectivity index (χ1n) is 10.6. The molecule has 7 heteroatoms. The summed E-state index contributed by atoms with van der Waals surface area (Å²) in [6.07, 6.45) is 3.16. The molecule has 162 valence electrons. The molecule has 4 rings (SSSR count). The van der Waals surface area contributed by atoms with Crippen molar-refractivity contribution in [3.63, 3.8) is 0 Å². The quantitative estimate of drug-likeness (QED) is 0.702. The molecule has 7 nitrogen and oxygen atoms in total. The number of carbonyl (C=O) groups excluding carboxylic acids is 3. The van der Waals surface area contributed by atoms with Crippen LogP contribution in [0.15, 0.2) is 48.5 Å². The summed E-state index contributed by atoms with van der Waals surface area (Å²) in [4.78, 5) is 39.1. The Morgan fingerprint density at radius 1 is 1.19 bits per heavy atom. The fraction of sp³-hybridized carbons (Fsp3) is 0.375. The summed E-state index contributed by atoms with van der Waals surface area (Å²) in [5, 5.41) is 5.64. The lowest BCUT2D eigenvalue weighted by Gasteiger charge is -2.26. The highest BCUT2D eigenvalue weighted by atomic mass is 16.5. The molecular formula is C24H27N3O4. The predicted molar refractivity (Wildman–Crippen MR) is 116 cm³/mol. The van der Waals surface area contributed by atoms with Crippen LogP contribution in [0.25, 0.3) is 0 Å². The number of nitrogens with one attached hydrogen (secondary N) is 2. The molecule has 1 aliphatic heterocycles. The van der Waals surface area contributed by atoms with E-state index in [1.165, 1.54) is 11.1 Å². The number of hydrogen-bond donors (Lipinski definition) is 2. The van der Waals surface area contributed by atoms with Crippen molar-refractivity contribution in [2.75, 3.05) is 20.2 Å². The zero-order valence-corrected chi connectivity index (χ0v) is 17.8. The van der Waals surface area contributed by atoms with E-state index in [1.807, 2.05) is 12.1 Å². The van der Waals surface area contributed by atoms with Crippen LogP contribution in [-0.4, -0.2) is 42.9 Å². The number of amides is 4. The normalized spacial score (nSPS) is 22.6. The van der Waals surface area contributed by atoms with E-state index in [0.29, 0.717) is 17.9 Å². The number of methoxy groups -OCH3 is 1. The fourth-order valence-corrected chi connectivity index (χ4v) is 4.46. The summed E-state index contributed by atoms with van der Waals surface area (Å²) in [6, 6.07) is 14.7. The number of fused-ring (bicyclic) bond motifs is 1. The van der Waals surface area contributed by atoms with Gasteiger partial charge in [0.1, 0.15) is 17.8 Å². The third-order valence-corrected chi connectivity index (χ3v) is 6.28. The van der Waals surface area contributed by atoms with Crippen LogP contribution in [0, 0.1) is 0 Å². The SMILES string of the molecule is COc1ccc(C2(C)NC(=O)N(CC(=O)NCC3CCCc4ccccc43)C2=O)cc1. The molecule has 0 bridgehead atoms. The highest BCUT2D eigenvalue weighted by molar-refractivity contribution is 6.09. The van der Waals surface area contributed by atoms with E-state index < -0.39 is 17.5 Å². The maximum absolute atomic E-state index is 13.0. The summed E-state index contributed by atoms with van der Waals surface area (Å²) in [6.45, 7) is 1.84. The molecule has 2 atom stereocenters. The first-order chi connectivity index (χ1) is 14.9. The van der Waals surface area contributed by atoms with Gasteiger partial charge in [-0.25, -0.2) is 4.79 Å². The molecule has 2 aliphatic rings. The number of rotatable bonds is 6. The van der Waals surface area contributed by atoms with Gasteiger partial charge in [-0.2, -0.15) is 0 Å². The second-order valence-corrected chi connectivity index (χ2v) is 8.27. The van der Waals surface area contributed by atoms with Gasteiger partial charge in [0, 0.05) is 12.5 Å². The number of ether oxygens (including phenoxy) is 1. The Morgan fingerprint density at radius 3 is 2.68 bits per heavy atom. The van der Waals surface area contributed by atoms with Crippen LogP contribution >= 0.6 is 0 Å². The number of benzene rings is 2. The zero-order chi connectivity index (χ0) is 22.0. The van der Waals surface area contributed by atoms with Gasteiger partial charge in [0.25, 0.3) is 5.91 Å². The molecule has 1 saturated heterocycles. The number of urea groups is 1. The Balaban J connectivity index is 1.39. The van der Waals surface area contributed by atoms with Gasteiger partial charge < -0.3 is 15.4 Å².